The van der Waals surface area contributed by atoms with Crippen molar-refractivity contribution in [3.8, 4) is 0 Å². The number of hydrogen-bond donors (Lipinski definition) is 1. The van der Waals surface area contributed by atoms with E-state index in [4.69, 9.17) is 5.73 Å². The number of hydrogen-bond acceptors (Lipinski definition) is 2. The average Bonchev–Trinajstić information content (AvgIpc) is 2.72. The Balaban J connectivity index is 2.69. The minimum atomic E-state index is -0.682. The quantitative estimate of drug-likeness (QED) is 0.773. The van der Waals surface area contributed by atoms with Gasteiger partial charge in [0.05, 0.1) is 5.54 Å². The lowest BCUT2D eigenvalue weighted by molar-refractivity contribution is -0.138. The normalized spacial score (nSPS) is 21.3. The first-order valence-electron chi connectivity index (χ1n) is 6.13. The van der Waals surface area contributed by atoms with Crippen molar-refractivity contribution >= 4 is 5.91 Å². The third kappa shape index (κ3) is 2.71. The molecule has 0 aliphatic heterocycles. The number of carbonyl (C=O) groups excluding carboxylic acids is 1. The number of carbonyl (C=O) groups is 1. The van der Waals surface area contributed by atoms with E-state index in [1.54, 1.807) is 0 Å². The summed E-state index contributed by atoms with van der Waals surface area (Å²) in [6.07, 6.45) is 5.51. The summed E-state index contributed by atoms with van der Waals surface area (Å²) in [5, 5.41) is 0. The third-order valence-corrected chi connectivity index (χ3v) is 3.59. The van der Waals surface area contributed by atoms with Crippen molar-refractivity contribution < 1.29 is 4.79 Å². The van der Waals surface area contributed by atoms with Crippen LogP contribution in [0.15, 0.2) is 0 Å². The lowest BCUT2D eigenvalue weighted by Gasteiger charge is -2.34. The van der Waals surface area contributed by atoms with Crippen LogP contribution in [0.3, 0.4) is 0 Å². The lowest BCUT2D eigenvalue weighted by Crippen LogP contribution is -2.55. The summed E-state index contributed by atoms with van der Waals surface area (Å²) in [5.74, 6) is 0.124. The van der Waals surface area contributed by atoms with Gasteiger partial charge in [0.2, 0.25) is 5.91 Å². The zero-order chi connectivity index (χ0) is 11.5. The third-order valence-electron chi connectivity index (χ3n) is 3.59. The van der Waals surface area contributed by atoms with Crippen LogP contribution in [0.5, 0.6) is 0 Å². The average molecular weight is 212 g/mol. The van der Waals surface area contributed by atoms with Gasteiger partial charge in [0.25, 0.3) is 0 Å². The molecular formula is C12H24N2O. The summed E-state index contributed by atoms with van der Waals surface area (Å²) < 4.78 is 0. The highest BCUT2D eigenvalue weighted by Crippen LogP contribution is 2.25. The van der Waals surface area contributed by atoms with Gasteiger partial charge in [-0.1, -0.05) is 19.8 Å². The number of nitrogens with two attached hydrogens (primary N) is 1. The van der Waals surface area contributed by atoms with E-state index in [9.17, 15) is 4.79 Å². The summed E-state index contributed by atoms with van der Waals surface area (Å²) >= 11 is 0. The lowest BCUT2D eigenvalue weighted by atomic mass is 9.97. The van der Waals surface area contributed by atoms with Gasteiger partial charge in [-0.2, -0.15) is 0 Å². The van der Waals surface area contributed by atoms with Gasteiger partial charge in [-0.3, -0.25) is 4.79 Å². The predicted octanol–water partition coefficient (Wildman–Crippen LogP) is 1.90. The van der Waals surface area contributed by atoms with Gasteiger partial charge in [0.15, 0.2) is 0 Å². The Kier molecular flexibility index (Phi) is 4.14. The van der Waals surface area contributed by atoms with E-state index in [1.165, 1.54) is 12.8 Å². The standard InChI is InChI=1S/C12H24N2O/c1-4-12(3,13)11(15)14(5-2)10-8-6-7-9-10/h10H,4-9,13H2,1-3H3. The summed E-state index contributed by atoms with van der Waals surface area (Å²) in [4.78, 5) is 14.2. The molecule has 1 aliphatic rings. The van der Waals surface area contributed by atoms with Crippen LogP contribution in [0.2, 0.25) is 0 Å². The molecule has 0 aromatic heterocycles. The van der Waals surface area contributed by atoms with Crippen molar-refractivity contribution in [2.45, 2.75) is 64.5 Å². The maximum atomic E-state index is 12.2. The van der Waals surface area contributed by atoms with Crippen molar-refractivity contribution in [3.63, 3.8) is 0 Å². The maximum Gasteiger partial charge on any atom is 0.242 e. The number of nitrogens with zero attached hydrogens (tertiary/aromatic N) is 1. The molecule has 0 saturated heterocycles. The van der Waals surface area contributed by atoms with Gasteiger partial charge in [-0.15, -0.1) is 0 Å². The van der Waals surface area contributed by atoms with Crippen molar-refractivity contribution in [3.05, 3.63) is 0 Å². The fraction of sp³-hybridized carbons (Fsp3) is 0.917. The van der Waals surface area contributed by atoms with Gasteiger partial charge < -0.3 is 10.6 Å². The highest BCUT2D eigenvalue weighted by atomic mass is 16.2. The molecule has 3 nitrogen and oxygen atoms in total. The Morgan fingerprint density at radius 2 is 1.93 bits per heavy atom. The Morgan fingerprint density at radius 3 is 2.33 bits per heavy atom. The maximum absolute atomic E-state index is 12.2. The zero-order valence-electron chi connectivity index (χ0n) is 10.3. The Morgan fingerprint density at radius 1 is 1.40 bits per heavy atom. The molecule has 2 N–H and O–H groups in total. The molecule has 88 valence electrons. The molecule has 1 saturated carbocycles. The summed E-state index contributed by atoms with van der Waals surface area (Å²) in [6, 6.07) is 0.442. The molecule has 1 fully saturated rings. The first kappa shape index (κ1) is 12.5. The van der Waals surface area contributed by atoms with Crippen LogP contribution >= 0.6 is 0 Å². The molecule has 0 spiro atoms. The van der Waals surface area contributed by atoms with E-state index >= 15 is 0 Å². The van der Waals surface area contributed by atoms with Crippen LogP contribution in [-0.2, 0) is 4.79 Å². The van der Waals surface area contributed by atoms with Crippen LogP contribution < -0.4 is 5.73 Å². The Labute approximate surface area is 93.0 Å². The van der Waals surface area contributed by atoms with Crippen LogP contribution in [0, 0.1) is 0 Å². The van der Waals surface area contributed by atoms with Crippen LogP contribution in [-0.4, -0.2) is 28.9 Å². The molecule has 1 atom stereocenters. The smallest absolute Gasteiger partial charge is 0.242 e. The largest absolute Gasteiger partial charge is 0.338 e. The molecule has 0 heterocycles. The molecule has 0 aromatic rings. The monoisotopic (exact) mass is 212 g/mol. The minimum Gasteiger partial charge on any atom is -0.338 e. The second kappa shape index (κ2) is 4.97. The second-order valence-corrected chi connectivity index (χ2v) is 4.80. The molecule has 0 aromatic carbocycles. The minimum absolute atomic E-state index is 0.124. The summed E-state index contributed by atoms with van der Waals surface area (Å²) in [5.41, 5.74) is 5.33. The molecule has 0 radical (unpaired) electrons. The fourth-order valence-electron chi connectivity index (χ4n) is 2.26. The van der Waals surface area contributed by atoms with E-state index in [0.717, 1.165) is 19.4 Å². The highest BCUT2D eigenvalue weighted by Gasteiger charge is 2.34. The first-order chi connectivity index (χ1) is 7.03. The van der Waals surface area contributed by atoms with E-state index in [2.05, 4.69) is 0 Å². The topological polar surface area (TPSA) is 46.3 Å². The van der Waals surface area contributed by atoms with Crippen molar-refractivity contribution in [2.75, 3.05) is 6.54 Å². The van der Waals surface area contributed by atoms with Crippen LogP contribution in [0.1, 0.15) is 52.9 Å². The van der Waals surface area contributed by atoms with E-state index in [-0.39, 0.29) is 5.91 Å². The fourth-order valence-corrected chi connectivity index (χ4v) is 2.26. The number of rotatable bonds is 4. The summed E-state index contributed by atoms with van der Waals surface area (Å²) in [7, 11) is 0. The summed E-state index contributed by atoms with van der Waals surface area (Å²) in [6.45, 7) is 6.64. The molecule has 3 heteroatoms. The van der Waals surface area contributed by atoms with Crippen LogP contribution in [0.25, 0.3) is 0 Å². The van der Waals surface area contributed by atoms with Gasteiger partial charge >= 0.3 is 0 Å². The molecule has 1 amide bonds. The molecule has 0 bridgehead atoms. The van der Waals surface area contributed by atoms with Gasteiger partial charge in [-0.25, -0.2) is 0 Å². The van der Waals surface area contributed by atoms with Crippen molar-refractivity contribution in [1.29, 1.82) is 0 Å². The number of amides is 1. The van der Waals surface area contributed by atoms with Crippen LogP contribution in [0.4, 0.5) is 0 Å². The van der Waals surface area contributed by atoms with Crippen molar-refractivity contribution in [2.24, 2.45) is 5.73 Å². The molecule has 1 rings (SSSR count). The SMILES string of the molecule is CCN(C(=O)C(C)(N)CC)C1CCCC1. The predicted molar refractivity (Wildman–Crippen MR) is 62.5 cm³/mol. The Bertz CT molecular complexity index is 220. The van der Waals surface area contributed by atoms with Gasteiger partial charge in [0.1, 0.15) is 0 Å². The number of likely N-dealkylation sites (N-methyl/N-ethyl adjacent to an activating group) is 1. The molecule has 15 heavy (non-hydrogen) atoms. The van der Waals surface area contributed by atoms with Gasteiger partial charge in [0, 0.05) is 12.6 Å². The molecule has 1 aliphatic carbocycles. The Hall–Kier alpha value is -0.570. The first-order valence-corrected chi connectivity index (χ1v) is 6.13. The van der Waals surface area contributed by atoms with E-state index < -0.39 is 5.54 Å². The highest BCUT2D eigenvalue weighted by molar-refractivity contribution is 5.85. The second-order valence-electron chi connectivity index (χ2n) is 4.80. The van der Waals surface area contributed by atoms with Crippen molar-refractivity contribution in [1.82, 2.24) is 4.90 Å². The zero-order valence-corrected chi connectivity index (χ0v) is 10.3. The van der Waals surface area contributed by atoms with Gasteiger partial charge in [-0.05, 0) is 33.1 Å². The van der Waals surface area contributed by atoms with E-state index in [1.807, 2.05) is 25.7 Å². The molecule has 1 unspecified atom stereocenters. The van der Waals surface area contributed by atoms with E-state index in [0.29, 0.717) is 12.5 Å². The molecular weight excluding hydrogens is 188 g/mol.